The minimum atomic E-state index is 0.510. The Morgan fingerprint density at radius 3 is 2.82 bits per heavy atom. The van der Waals surface area contributed by atoms with E-state index in [1.807, 2.05) is 49.4 Å². The number of hydrogen-bond acceptors (Lipinski definition) is 4. The number of fused-ring (bicyclic) bond motifs is 1. The highest BCUT2D eigenvalue weighted by Gasteiger charge is 2.06. The Labute approximate surface area is 138 Å². The van der Waals surface area contributed by atoms with Crippen LogP contribution < -0.4 is 15.4 Å². The third-order valence-electron chi connectivity index (χ3n) is 3.11. The second kappa shape index (κ2) is 6.29. The van der Waals surface area contributed by atoms with Gasteiger partial charge in [0.05, 0.1) is 28.0 Å². The Balaban J connectivity index is 1.75. The molecule has 0 radical (unpaired) electrons. The van der Waals surface area contributed by atoms with Gasteiger partial charge in [0.2, 0.25) is 0 Å². The summed E-state index contributed by atoms with van der Waals surface area (Å²) in [5, 5.41) is 7.88. The van der Waals surface area contributed by atoms with E-state index in [4.69, 9.17) is 17.0 Å². The van der Waals surface area contributed by atoms with Gasteiger partial charge in [-0.05, 0) is 49.5 Å². The summed E-state index contributed by atoms with van der Waals surface area (Å²) in [7, 11) is 1.63. The van der Waals surface area contributed by atoms with Gasteiger partial charge in [-0.25, -0.2) is 4.98 Å². The molecule has 0 aliphatic heterocycles. The molecule has 0 aliphatic carbocycles. The molecule has 22 heavy (non-hydrogen) atoms. The molecule has 0 unspecified atom stereocenters. The molecule has 3 aromatic rings. The van der Waals surface area contributed by atoms with Gasteiger partial charge in [0.1, 0.15) is 5.75 Å². The van der Waals surface area contributed by atoms with Crippen molar-refractivity contribution in [1.29, 1.82) is 0 Å². The minimum Gasteiger partial charge on any atom is -0.495 e. The average Bonchev–Trinajstić information content (AvgIpc) is 2.87. The number of nitrogens with one attached hydrogen (secondary N) is 2. The first kappa shape index (κ1) is 14.7. The largest absolute Gasteiger partial charge is 0.495 e. The van der Waals surface area contributed by atoms with Crippen molar-refractivity contribution in [3.63, 3.8) is 0 Å². The fourth-order valence-electron chi connectivity index (χ4n) is 2.15. The van der Waals surface area contributed by atoms with Gasteiger partial charge in [0.25, 0.3) is 0 Å². The van der Waals surface area contributed by atoms with E-state index in [1.54, 1.807) is 18.4 Å². The molecule has 112 valence electrons. The monoisotopic (exact) mass is 329 g/mol. The summed E-state index contributed by atoms with van der Waals surface area (Å²) in [6.45, 7) is 2.01. The lowest BCUT2D eigenvalue weighted by molar-refractivity contribution is 0.417. The summed E-state index contributed by atoms with van der Waals surface area (Å²) in [5.74, 6) is 0.747. The molecular weight excluding hydrogens is 314 g/mol. The van der Waals surface area contributed by atoms with Crippen LogP contribution in [-0.2, 0) is 0 Å². The molecule has 0 spiro atoms. The molecule has 1 aromatic heterocycles. The first-order valence-electron chi connectivity index (χ1n) is 6.74. The van der Waals surface area contributed by atoms with E-state index in [-0.39, 0.29) is 0 Å². The third kappa shape index (κ3) is 3.18. The van der Waals surface area contributed by atoms with Crippen molar-refractivity contribution in [3.8, 4) is 5.75 Å². The average molecular weight is 329 g/mol. The van der Waals surface area contributed by atoms with Gasteiger partial charge in [0.15, 0.2) is 5.11 Å². The minimum absolute atomic E-state index is 0.510. The highest BCUT2D eigenvalue weighted by molar-refractivity contribution is 7.80. The van der Waals surface area contributed by atoms with Gasteiger partial charge in [-0.15, -0.1) is 11.3 Å². The van der Waals surface area contributed by atoms with Gasteiger partial charge in [-0.2, -0.15) is 0 Å². The number of rotatable bonds is 3. The first-order chi connectivity index (χ1) is 10.7. The van der Waals surface area contributed by atoms with Crippen molar-refractivity contribution in [3.05, 3.63) is 47.5 Å². The number of hydrogen-bond donors (Lipinski definition) is 2. The fourth-order valence-corrected chi connectivity index (χ4v) is 3.19. The molecule has 0 saturated heterocycles. The topological polar surface area (TPSA) is 46.2 Å². The molecule has 6 heteroatoms. The van der Waals surface area contributed by atoms with E-state index in [0.29, 0.717) is 5.11 Å². The Kier molecular flexibility index (Phi) is 4.22. The number of thiocarbonyl (C=S) groups is 1. The summed E-state index contributed by atoms with van der Waals surface area (Å²) in [6, 6.07) is 13.7. The molecule has 0 saturated carbocycles. The Hall–Kier alpha value is -2.18. The molecule has 3 rings (SSSR count). The normalized spacial score (nSPS) is 10.5. The summed E-state index contributed by atoms with van der Waals surface area (Å²) < 4.78 is 6.47. The maximum absolute atomic E-state index is 5.36. The molecule has 4 nitrogen and oxygen atoms in total. The second-order valence-corrected chi connectivity index (χ2v) is 6.34. The zero-order valence-electron chi connectivity index (χ0n) is 12.2. The molecule has 0 atom stereocenters. The number of aromatic nitrogens is 1. The van der Waals surface area contributed by atoms with Crippen LogP contribution in [0, 0.1) is 6.92 Å². The van der Waals surface area contributed by atoms with Gasteiger partial charge in [-0.1, -0.05) is 12.1 Å². The lowest BCUT2D eigenvalue weighted by Gasteiger charge is -2.13. The quantitative estimate of drug-likeness (QED) is 0.696. The van der Waals surface area contributed by atoms with E-state index < -0.39 is 0 Å². The molecule has 0 bridgehead atoms. The Morgan fingerprint density at radius 1 is 1.18 bits per heavy atom. The van der Waals surface area contributed by atoms with Crippen molar-refractivity contribution in [2.24, 2.45) is 0 Å². The summed E-state index contributed by atoms with van der Waals surface area (Å²) >= 11 is 7.04. The number of ether oxygens (including phenoxy) is 1. The molecule has 1 heterocycles. The number of nitrogens with zero attached hydrogens (tertiary/aromatic N) is 1. The molecule has 0 aliphatic rings. The molecule has 0 amide bonds. The summed E-state index contributed by atoms with van der Waals surface area (Å²) in [6.07, 6.45) is 0. The van der Waals surface area contributed by atoms with Gasteiger partial charge in [-0.3, -0.25) is 0 Å². The second-order valence-electron chi connectivity index (χ2n) is 4.69. The van der Waals surface area contributed by atoms with Crippen LogP contribution in [0.15, 0.2) is 42.5 Å². The highest BCUT2D eigenvalue weighted by Crippen LogP contribution is 2.25. The van der Waals surface area contributed by atoms with Crippen molar-refractivity contribution in [1.82, 2.24) is 4.98 Å². The number of methoxy groups -OCH3 is 1. The van der Waals surface area contributed by atoms with E-state index in [9.17, 15) is 0 Å². The zero-order chi connectivity index (χ0) is 15.5. The zero-order valence-corrected chi connectivity index (χ0v) is 13.8. The van der Waals surface area contributed by atoms with E-state index in [1.165, 1.54) is 4.70 Å². The summed E-state index contributed by atoms with van der Waals surface area (Å²) in [5.41, 5.74) is 2.71. The maximum Gasteiger partial charge on any atom is 0.175 e. The lowest BCUT2D eigenvalue weighted by atomic mass is 10.3. The van der Waals surface area contributed by atoms with E-state index in [2.05, 4.69) is 15.6 Å². The SMILES string of the molecule is COc1ccccc1NC(=S)Nc1ccc2sc(C)nc2c1. The number of aryl methyl sites for hydroxylation is 1. The number of thiazole rings is 1. The number of para-hydroxylation sites is 2. The standard InChI is InChI=1S/C16H15N3OS2/c1-10-17-13-9-11(7-8-15(13)22-10)18-16(21)19-12-5-3-4-6-14(12)20-2/h3-9H,1-2H3,(H2,18,19,21). The number of benzene rings is 2. The van der Waals surface area contributed by atoms with Crippen LogP contribution in [0.5, 0.6) is 5.75 Å². The van der Waals surface area contributed by atoms with Crippen LogP contribution >= 0.6 is 23.6 Å². The molecular formula is C16H15N3OS2. The van der Waals surface area contributed by atoms with Crippen LogP contribution in [0.2, 0.25) is 0 Å². The lowest BCUT2D eigenvalue weighted by Crippen LogP contribution is -2.19. The van der Waals surface area contributed by atoms with Crippen molar-refractivity contribution < 1.29 is 4.74 Å². The maximum atomic E-state index is 5.36. The Morgan fingerprint density at radius 2 is 2.00 bits per heavy atom. The fraction of sp³-hybridized carbons (Fsp3) is 0.125. The predicted molar refractivity (Wildman–Crippen MR) is 97.2 cm³/mol. The number of anilines is 2. The van der Waals surface area contributed by atoms with Gasteiger partial charge in [0, 0.05) is 5.69 Å². The van der Waals surface area contributed by atoms with Gasteiger partial charge < -0.3 is 15.4 Å². The van der Waals surface area contributed by atoms with E-state index in [0.717, 1.165) is 27.6 Å². The van der Waals surface area contributed by atoms with Crippen LogP contribution in [-0.4, -0.2) is 17.2 Å². The van der Waals surface area contributed by atoms with E-state index >= 15 is 0 Å². The summed E-state index contributed by atoms with van der Waals surface area (Å²) in [4.78, 5) is 4.49. The Bertz CT molecular complexity index is 829. The van der Waals surface area contributed by atoms with Crippen LogP contribution in [0.1, 0.15) is 5.01 Å². The predicted octanol–water partition coefficient (Wildman–Crippen LogP) is 4.42. The van der Waals surface area contributed by atoms with Crippen molar-refractivity contribution in [2.45, 2.75) is 6.92 Å². The molecule has 0 fully saturated rings. The van der Waals surface area contributed by atoms with Crippen LogP contribution in [0.4, 0.5) is 11.4 Å². The highest BCUT2D eigenvalue weighted by atomic mass is 32.1. The smallest absolute Gasteiger partial charge is 0.175 e. The van der Waals surface area contributed by atoms with Crippen LogP contribution in [0.25, 0.3) is 10.2 Å². The first-order valence-corrected chi connectivity index (χ1v) is 7.96. The molecule has 2 N–H and O–H groups in total. The van der Waals surface area contributed by atoms with Crippen LogP contribution in [0.3, 0.4) is 0 Å². The van der Waals surface area contributed by atoms with Crippen molar-refractivity contribution in [2.75, 3.05) is 17.7 Å². The van der Waals surface area contributed by atoms with Gasteiger partial charge >= 0.3 is 0 Å². The van der Waals surface area contributed by atoms with Crippen molar-refractivity contribution >= 4 is 50.3 Å². The molecule has 2 aromatic carbocycles. The third-order valence-corrected chi connectivity index (χ3v) is 4.26.